The Bertz CT molecular complexity index is 1160. The van der Waals surface area contributed by atoms with Crippen molar-refractivity contribution in [2.24, 2.45) is 0 Å². The van der Waals surface area contributed by atoms with Crippen molar-refractivity contribution in [2.45, 2.75) is 18.9 Å². The van der Waals surface area contributed by atoms with Crippen LogP contribution in [0.4, 0.5) is 24.5 Å². The average Bonchev–Trinajstić information content (AvgIpc) is 2.79. The van der Waals surface area contributed by atoms with Crippen LogP contribution in [0, 0.1) is 6.92 Å². The molecule has 0 fully saturated rings. The number of nitrogens with zero attached hydrogens (tertiary/aromatic N) is 1. The quantitative estimate of drug-likeness (QED) is 0.479. The van der Waals surface area contributed by atoms with Crippen LogP contribution in [0.2, 0.25) is 0 Å². The summed E-state index contributed by atoms with van der Waals surface area (Å²) in [4.78, 5) is 26.1. The van der Waals surface area contributed by atoms with Gasteiger partial charge in [-0.2, -0.15) is 13.2 Å². The Morgan fingerprint density at radius 1 is 1.03 bits per heavy atom. The Kier molecular flexibility index (Phi) is 6.90. The molecule has 0 saturated carbocycles. The molecule has 0 aliphatic carbocycles. The number of amides is 2. The maximum absolute atomic E-state index is 13.2. The van der Waals surface area contributed by atoms with Crippen molar-refractivity contribution in [3.63, 3.8) is 0 Å². The molecular formula is C24H26F3N5O2. The molecular weight excluding hydrogens is 447 g/mol. The topological polar surface area (TPSA) is 85.5 Å². The number of carbonyl (C=O) groups excluding carboxylic acids is 2. The van der Waals surface area contributed by atoms with E-state index in [0.29, 0.717) is 28.1 Å². The monoisotopic (exact) mass is 473 g/mol. The van der Waals surface area contributed by atoms with Gasteiger partial charge in [0.25, 0.3) is 11.8 Å². The van der Waals surface area contributed by atoms with Gasteiger partial charge < -0.3 is 26.2 Å². The Balaban J connectivity index is 2.00. The standard InChI is InChI=1S/C24H26F3N5O2/c1-15-13-16(22(34)32(3)4)9-10-19(15)30-23(12-11-17(14-29-23)24(25,26)27)31-20-8-6-5-7-18(20)21(33)28-2/h5-14,29-31H,1-4H3,(H,28,33). The minimum atomic E-state index is -4.53. The number of para-hydroxylation sites is 1. The third kappa shape index (κ3) is 5.33. The van der Waals surface area contributed by atoms with Crippen molar-refractivity contribution >= 4 is 23.2 Å². The zero-order chi connectivity index (χ0) is 25.1. The predicted octanol–water partition coefficient (Wildman–Crippen LogP) is 3.84. The Morgan fingerprint density at radius 3 is 2.26 bits per heavy atom. The second-order valence-corrected chi connectivity index (χ2v) is 7.99. The van der Waals surface area contributed by atoms with Gasteiger partial charge in [-0.1, -0.05) is 12.1 Å². The van der Waals surface area contributed by atoms with Crippen LogP contribution in [0.15, 0.2) is 66.4 Å². The third-order valence-electron chi connectivity index (χ3n) is 5.24. The summed E-state index contributed by atoms with van der Waals surface area (Å²) < 4.78 is 39.7. The molecule has 0 radical (unpaired) electrons. The molecule has 2 aromatic carbocycles. The third-order valence-corrected chi connectivity index (χ3v) is 5.24. The first-order valence-electron chi connectivity index (χ1n) is 10.4. The molecule has 0 aromatic heterocycles. The van der Waals surface area contributed by atoms with Crippen LogP contribution >= 0.6 is 0 Å². The molecule has 2 aromatic rings. The molecule has 0 bridgehead atoms. The van der Waals surface area contributed by atoms with Crippen molar-refractivity contribution < 1.29 is 22.8 Å². The number of alkyl halides is 3. The summed E-state index contributed by atoms with van der Waals surface area (Å²) in [6, 6.07) is 11.7. The number of rotatable bonds is 6. The Labute approximate surface area is 195 Å². The molecule has 2 amide bonds. The van der Waals surface area contributed by atoms with Gasteiger partial charge in [0.05, 0.1) is 16.8 Å². The molecule has 1 aliphatic heterocycles. The molecule has 34 heavy (non-hydrogen) atoms. The molecule has 4 N–H and O–H groups in total. The van der Waals surface area contributed by atoms with Crippen LogP contribution in [0.1, 0.15) is 26.3 Å². The smallest absolute Gasteiger partial charge is 0.355 e. The highest BCUT2D eigenvalue weighted by molar-refractivity contribution is 5.99. The second kappa shape index (κ2) is 9.50. The first-order chi connectivity index (χ1) is 16.0. The van der Waals surface area contributed by atoms with Crippen LogP contribution in [-0.2, 0) is 0 Å². The lowest BCUT2D eigenvalue weighted by molar-refractivity contribution is -0.0889. The number of carbonyl (C=O) groups is 2. The van der Waals surface area contributed by atoms with Gasteiger partial charge in [0.2, 0.25) is 5.79 Å². The SMILES string of the molecule is CNC(=O)c1ccccc1NC1(Nc2ccc(C(=O)N(C)C)cc2C)C=CC(C(F)(F)F)=CN1. The summed E-state index contributed by atoms with van der Waals surface area (Å²) in [5.74, 6) is -1.93. The van der Waals surface area contributed by atoms with Gasteiger partial charge in [-0.25, -0.2) is 0 Å². The largest absolute Gasteiger partial charge is 0.417 e. The average molecular weight is 473 g/mol. The lowest BCUT2D eigenvalue weighted by atomic mass is 10.1. The number of nitrogens with one attached hydrogen (secondary N) is 4. The van der Waals surface area contributed by atoms with E-state index in [9.17, 15) is 22.8 Å². The van der Waals surface area contributed by atoms with E-state index in [2.05, 4.69) is 21.3 Å². The van der Waals surface area contributed by atoms with Gasteiger partial charge in [-0.05, 0) is 55.0 Å². The molecule has 1 unspecified atom stereocenters. The van der Waals surface area contributed by atoms with Gasteiger partial charge in [-0.3, -0.25) is 9.59 Å². The molecule has 3 rings (SSSR count). The fourth-order valence-electron chi connectivity index (χ4n) is 3.41. The van der Waals surface area contributed by atoms with Crippen LogP contribution in [-0.4, -0.2) is 49.8 Å². The maximum atomic E-state index is 13.2. The summed E-state index contributed by atoms with van der Waals surface area (Å²) in [6.07, 6.45) is -1.41. The van der Waals surface area contributed by atoms with E-state index >= 15 is 0 Å². The normalized spacial score (nSPS) is 17.3. The van der Waals surface area contributed by atoms with Crippen molar-refractivity contribution in [1.29, 1.82) is 0 Å². The summed E-state index contributed by atoms with van der Waals surface area (Å²) in [6.45, 7) is 1.78. The van der Waals surface area contributed by atoms with Gasteiger partial charge in [-0.15, -0.1) is 0 Å². The lowest BCUT2D eigenvalue weighted by Gasteiger charge is -2.38. The highest BCUT2D eigenvalue weighted by Gasteiger charge is 2.37. The first kappa shape index (κ1) is 24.7. The lowest BCUT2D eigenvalue weighted by Crippen LogP contribution is -2.56. The van der Waals surface area contributed by atoms with Crippen LogP contribution < -0.4 is 21.3 Å². The maximum Gasteiger partial charge on any atom is 0.417 e. The zero-order valence-corrected chi connectivity index (χ0v) is 19.2. The molecule has 7 nitrogen and oxygen atoms in total. The van der Waals surface area contributed by atoms with Crippen molar-refractivity contribution in [2.75, 3.05) is 31.8 Å². The Hall–Kier alpha value is -3.95. The van der Waals surface area contributed by atoms with E-state index < -0.39 is 17.5 Å². The number of hydrogen-bond donors (Lipinski definition) is 4. The summed E-state index contributed by atoms with van der Waals surface area (Å²) in [5.41, 5.74) is 1.61. The minimum Gasteiger partial charge on any atom is -0.355 e. The zero-order valence-electron chi connectivity index (χ0n) is 19.2. The van der Waals surface area contributed by atoms with E-state index in [1.807, 2.05) is 0 Å². The van der Waals surface area contributed by atoms with Crippen LogP contribution in [0.3, 0.4) is 0 Å². The van der Waals surface area contributed by atoms with E-state index in [1.54, 1.807) is 63.5 Å². The molecule has 1 atom stereocenters. The number of benzene rings is 2. The number of halogens is 3. The molecule has 180 valence electrons. The van der Waals surface area contributed by atoms with Gasteiger partial charge in [0.15, 0.2) is 0 Å². The highest BCUT2D eigenvalue weighted by Crippen LogP contribution is 2.31. The molecule has 1 aliphatic rings. The van der Waals surface area contributed by atoms with E-state index in [0.717, 1.165) is 12.3 Å². The number of allylic oxidation sites excluding steroid dienone is 2. The number of hydrogen-bond acceptors (Lipinski definition) is 5. The molecule has 0 spiro atoms. The number of dihydropyridines is 1. The predicted molar refractivity (Wildman–Crippen MR) is 125 cm³/mol. The van der Waals surface area contributed by atoms with Gasteiger partial charge >= 0.3 is 6.18 Å². The van der Waals surface area contributed by atoms with Crippen LogP contribution in [0.5, 0.6) is 0 Å². The molecule has 10 heteroatoms. The highest BCUT2D eigenvalue weighted by atomic mass is 19.4. The number of anilines is 2. The van der Waals surface area contributed by atoms with Crippen molar-refractivity contribution in [3.05, 3.63) is 83.1 Å². The van der Waals surface area contributed by atoms with E-state index in [4.69, 9.17) is 0 Å². The van der Waals surface area contributed by atoms with Gasteiger partial charge in [0, 0.05) is 38.6 Å². The van der Waals surface area contributed by atoms with Crippen molar-refractivity contribution in [1.82, 2.24) is 15.5 Å². The van der Waals surface area contributed by atoms with Crippen molar-refractivity contribution in [3.8, 4) is 0 Å². The summed E-state index contributed by atoms with van der Waals surface area (Å²) >= 11 is 0. The fraction of sp³-hybridized carbons (Fsp3) is 0.250. The van der Waals surface area contributed by atoms with Crippen LogP contribution in [0.25, 0.3) is 0 Å². The van der Waals surface area contributed by atoms with E-state index in [-0.39, 0.29) is 11.8 Å². The first-order valence-corrected chi connectivity index (χ1v) is 10.4. The second-order valence-electron chi connectivity index (χ2n) is 7.99. The Morgan fingerprint density at radius 2 is 1.71 bits per heavy atom. The number of aryl methyl sites for hydroxylation is 1. The summed E-state index contributed by atoms with van der Waals surface area (Å²) in [5, 5.41) is 11.6. The van der Waals surface area contributed by atoms with Gasteiger partial charge in [0.1, 0.15) is 0 Å². The molecule has 0 saturated heterocycles. The van der Waals surface area contributed by atoms with E-state index in [1.165, 1.54) is 18.0 Å². The minimum absolute atomic E-state index is 0.171. The molecule has 1 heterocycles. The summed E-state index contributed by atoms with van der Waals surface area (Å²) in [7, 11) is 4.78. The fourth-order valence-corrected chi connectivity index (χ4v) is 3.41.